The van der Waals surface area contributed by atoms with Gasteiger partial charge in [-0.05, 0) is 24.1 Å². The van der Waals surface area contributed by atoms with E-state index in [-0.39, 0.29) is 5.91 Å². The predicted octanol–water partition coefficient (Wildman–Crippen LogP) is 2.38. The van der Waals surface area contributed by atoms with E-state index in [4.69, 9.17) is 0 Å². The highest BCUT2D eigenvalue weighted by Crippen LogP contribution is 2.22. The first-order valence-corrected chi connectivity index (χ1v) is 10.5. The number of carbonyl (C=O) groups is 1. The second-order valence-electron chi connectivity index (χ2n) is 7.85. The summed E-state index contributed by atoms with van der Waals surface area (Å²) in [7, 11) is 0. The van der Waals surface area contributed by atoms with E-state index in [1.807, 2.05) is 35.0 Å². The number of nitrogens with one attached hydrogen (secondary N) is 2. The molecule has 10 heteroatoms. The first kappa shape index (κ1) is 20.0. The molecule has 32 heavy (non-hydrogen) atoms. The van der Waals surface area contributed by atoms with Crippen LogP contribution >= 0.6 is 0 Å². The fourth-order valence-corrected chi connectivity index (χ4v) is 3.64. The lowest BCUT2D eigenvalue weighted by molar-refractivity contribution is -0.118. The van der Waals surface area contributed by atoms with Gasteiger partial charge in [0.15, 0.2) is 5.65 Å². The number of aromatic nitrogens is 6. The van der Waals surface area contributed by atoms with Crippen LogP contribution in [0.15, 0.2) is 49.2 Å². The highest BCUT2D eigenvalue weighted by atomic mass is 16.2. The van der Waals surface area contributed by atoms with E-state index in [0.29, 0.717) is 36.5 Å². The molecule has 4 aromatic rings. The first-order valence-electron chi connectivity index (χ1n) is 10.5. The summed E-state index contributed by atoms with van der Waals surface area (Å²) in [5.74, 6) is 1.39. The molecule has 0 unspecified atom stereocenters. The summed E-state index contributed by atoms with van der Waals surface area (Å²) in [6, 6.07) is 5.49. The minimum atomic E-state index is 0.0396. The topological polar surface area (TPSA) is 113 Å². The van der Waals surface area contributed by atoms with Crippen LogP contribution in [-0.4, -0.2) is 54.9 Å². The average molecular weight is 429 g/mol. The lowest BCUT2D eigenvalue weighted by Gasteiger charge is -2.27. The molecule has 0 aromatic carbocycles. The third-order valence-electron chi connectivity index (χ3n) is 5.32. The molecule has 5 heterocycles. The average Bonchev–Trinajstić information content (AvgIpc) is 3.24. The molecule has 0 atom stereocenters. The highest BCUT2D eigenvalue weighted by Gasteiger charge is 2.19. The molecular weight excluding hydrogens is 406 g/mol. The Balaban J connectivity index is 1.37. The van der Waals surface area contributed by atoms with Gasteiger partial charge < -0.3 is 19.9 Å². The number of imidazole rings is 1. The molecule has 2 N–H and O–H groups in total. The number of nitrogens with zero attached hydrogens (tertiary/aromatic N) is 7. The van der Waals surface area contributed by atoms with Gasteiger partial charge in [-0.15, -0.1) is 0 Å². The normalized spacial score (nSPS) is 14.3. The number of pyridine rings is 1. The van der Waals surface area contributed by atoms with Gasteiger partial charge in [-0.2, -0.15) is 0 Å². The van der Waals surface area contributed by atoms with Crippen molar-refractivity contribution in [1.82, 2.24) is 34.6 Å². The molecule has 1 aliphatic heterocycles. The van der Waals surface area contributed by atoms with Crippen LogP contribution in [0.4, 0.5) is 17.5 Å². The fraction of sp³-hybridized carbons (Fsp3) is 0.273. The smallest absolute Gasteiger partial charge is 0.241 e. The van der Waals surface area contributed by atoms with Crippen LogP contribution in [0.25, 0.3) is 17.0 Å². The Morgan fingerprint density at radius 2 is 1.94 bits per heavy atom. The van der Waals surface area contributed by atoms with E-state index in [9.17, 15) is 4.79 Å². The summed E-state index contributed by atoms with van der Waals surface area (Å²) in [6.45, 7) is 6.01. The van der Waals surface area contributed by atoms with Gasteiger partial charge in [0.1, 0.15) is 11.5 Å². The van der Waals surface area contributed by atoms with Gasteiger partial charge in [0, 0.05) is 37.4 Å². The maximum absolute atomic E-state index is 12.1. The molecule has 0 aliphatic carbocycles. The SMILES string of the molecule is CC(C)c1cnc2cnc(-c3ccnc(Nc4ccc(N5CCNCC5=O)cn4)n3)cn12. The third kappa shape index (κ3) is 3.87. The Morgan fingerprint density at radius 3 is 2.72 bits per heavy atom. The van der Waals surface area contributed by atoms with Crippen molar-refractivity contribution < 1.29 is 4.79 Å². The summed E-state index contributed by atoms with van der Waals surface area (Å²) in [5.41, 5.74) is 4.11. The lowest BCUT2D eigenvalue weighted by atomic mass is 10.1. The molecule has 1 saturated heterocycles. The molecular formula is C22H23N9O. The van der Waals surface area contributed by atoms with Crippen molar-refractivity contribution >= 4 is 29.0 Å². The molecule has 5 rings (SSSR count). The molecule has 0 saturated carbocycles. The standard InChI is InChI=1S/C22H23N9O/c1-14(2)18-10-27-20-11-25-17(13-31(18)20)16-5-6-24-22(28-16)29-19-4-3-15(9-26-19)30-8-7-23-12-21(30)32/h3-6,9-11,13-14,23H,7-8,12H2,1-2H3,(H,24,26,28,29). The van der Waals surface area contributed by atoms with Crippen LogP contribution in [0.1, 0.15) is 25.5 Å². The van der Waals surface area contributed by atoms with E-state index >= 15 is 0 Å². The monoisotopic (exact) mass is 429 g/mol. The lowest BCUT2D eigenvalue weighted by Crippen LogP contribution is -2.48. The number of piperazine rings is 1. The summed E-state index contributed by atoms with van der Waals surface area (Å²) < 4.78 is 2.04. The number of amides is 1. The number of rotatable bonds is 5. The Hall–Kier alpha value is -3.92. The van der Waals surface area contributed by atoms with E-state index in [1.165, 1.54) is 0 Å². The molecule has 0 spiro atoms. The van der Waals surface area contributed by atoms with Gasteiger partial charge in [-0.1, -0.05) is 13.8 Å². The molecule has 1 aliphatic rings. The Labute approximate surface area is 184 Å². The zero-order valence-corrected chi connectivity index (χ0v) is 17.9. The van der Waals surface area contributed by atoms with Crippen molar-refractivity contribution in [1.29, 1.82) is 0 Å². The Bertz CT molecular complexity index is 1270. The zero-order valence-electron chi connectivity index (χ0n) is 17.9. The number of carbonyl (C=O) groups excluding carboxylic acids is 1. The van der Waals surface area contributed by atoms with Crippen molar-refractivity contribution in [2.24, 2.45) is 0 Å². The van der Waals surface area contributed by atoms with Crippen molar-refractivity contribution in [2.75, 3.05) is 29.9 Å². The first-order chi connectivity index (χ1) is 15.6. The maximum atomic E-state index is 12.1. The molecule has 0 bridgehead atoms. The highest BCUT2D eigenvalue weighted by molar-refractivity contribution is 5.95. The second-order valence-corrected chi connectivity index (χ2v) is 7.85. The number of fused-ring (bicyclic) bond motifs is 1. The summed E-state index contributed by atoms with van der Waals surface area (Å²) in [4.78, 5) is 36.0. The molecule has 162 valence electrons. The van der Waals surface area contributed by atoms with Crippen LogP contribution in [0.5, 0.6) is 0 Å². The van der Waals surface area contributed by atoms with Crippen LogP contribution in [0.3, 0.4) is 0 Å². The van der Waals surface area contributed by atoms with Crippen molar-refractivity contribution in [3.63, 3.8) is 0 Å². The molecule has 4 aromatic heterocycles. The second kappa shape index (κ2) is 8.31. The minimum absolute atomic E-state index is 0.0396. The Kier molecular flexibility index (Phi) is 5.20. The number of hydrogen-bond acceptors (Lipinski definition) is 8. The van der Waals surface area contributed by atoms with Gasteiger partial charge >= 0.3 is 0 Å². The summed E-state index contributed by atoms with van der Waals surface area (Å²) in [6.07, 6.45) is 8.93. The van der Waals surface area contributed by atoms with Gasteiger partial charge in [-0.25, -0.2) is 24.9 Å². The van der Waals surface area contributed by atoms with Crippen LogP contribution < -0.4 is 15.5 Å². The quantitative estimate of drug-likeness (QED) is 0.497. The van der Waals surface area contributed by atoms with Gasteiger partial charge in [0.25, 0.3) is 0 Å². The zero-order chi connectivity index (χ0) is 22.1. The predicted molar refractivity (Wildman–Crippen MR) is 121 cm³/mol. The van der Waals surface area contributed by atoms with E-state index in [2.05, 4.69) is 49.4 Å². The third-order valence-corrected chi connectivity index (χ3v) is 5.32. The minimum Gasteiger partial charge on any atom is -0.309 e. The molecule has 1 amide bonds. The molecule has 10 nitrogen and oxygen atoms in total. The van der Waals surface area contributed by atoms with Crippen LogP contribution in [0, 0.1) is 0 Å². The van der Waals surface area contributed by atoms with Crippen molar-refractivity contribution in [2.45, 2.75) is 19.8 Å². The largest absolute Gasteiger partial charge is 0.309 e. The fourth-order valence-electron chi connectivity index (χ4n) is 3.64. The van der Waals surface area contributed by atoms with Gasteiger partial charge in [0.2, 0.25) is 11.9 Å². The van der Waals surface area contributed by atoms with E-state index in [0.717, 1.165) is 29.3 Å². The number of anilines is 3. The summed E-state index contributed by atoms with van der Waals surface area (Å²) in [5, 5.41) is 6.18. The molecule has 0 radical (unpaired) electrons. The van der Waals surface area contributed by atoms with Gasteiger partial charge in [0.05, 0.1) is 30.3 Å². The van der Waals surface area contributed by atoms with E-state index < -0.39 is 0 Å². The number of hydrogen-bond donors (Lipinski definition) is 2. The Morgan fingerprint density at radius 1 is 1.03 bits per heavy atom. The van der Waals surface area contributed by atoms with Crippen molar-refractivity contribution in [3.05, 3.63) is 54.9 Å². The van der Waals surface area contributed by atoms with Crippen molar-refractivity contribution in [3.8, 4) is 11.4 Å². The maximum Gasteiger partial charge on any atom is 0.241 e. The summed E-state index contributed by atoms with van der Waals surface area (Å²) >= 11 is 0. The van der Waals surface area contributed by atoms with Crippen LogP contribution in [-0.2, 0) is 4.79 Å². The van der Waals surface area contributed by atoms with Gasteiger partial charge in [-0.3, -0.25) is 4.79 Å². The molecule has 1 fully saturated rings. The van der Waals surface area contributed by atoms with E-state index in [1.54, 1.807) is 23.5 Å². The van der Waals surface area contributed by atoms with Crippen LogP contribution in [0.2, 0.25) is 0 Å².